The summed E-state index contributed by atoms with van der Waals surface area (Å²) in [6, 6.07) is 7.43. The highest BCUT2D eigenvalue weighted by Gasteiger charge is 2.28. The fourth-order valence-corrected chi connectivity index (χ4v) is 2.74. The number of carbonyl (C=O) groups excluding carboxylic acids is 1. The molecule has 2 amide bonds. The fraction of sp³-hybridized carbons (Fsp3) is 0.562. The number of benzene rings is 1. The summed E-state index contributed by atoms with van der Waals surface area (Å²) in [5.74, 6) is 0.185. The van der Waals surface area contributed by atoms with Crippen molar-refractivity contribution >= 4 is 17.6 Å². The third kappa shape index (κ3) is 5.16. The molecular formula is C16H23ClN2O3. The molecule has 0 aliphatic carbocycles. The second-order valence-electron chi connectivity index (χ2n) is 5.65. The zero-order valence-electron chi connectivity index (χ0n) is 12.8. The van der Waals surface area contributed by atoms with Crippen LogP contribution in [0.15, 0.2) is 24.3 Å². The van der Waals surface area contributed by atoms with Gasteiger partial charge in [0, 0.05) is 30.6 Å². The maximum atomic E-state index is 12.0. The van der Waals surface area contributed by atoms with Gasteiger partial charge in [-0.2, -0.15) is 0 Å². The lowest BCUT2D eigenvalue weighted by molar-refractivity contribution is 0.119. The molecule has 0 radical (unpaired) electrons. The topological polar surface area (TPSA) is 61.8 Å². The predicted octanol–water partition coefficient (Wildman–Crippen LogP) is 2.27. The summed E-state index contributed by atoms with van der Waals surface area (Å²) < 4.78 is 5.52. The van der Waals surface area contributed by atoms with Crippen LogP contribution < -0.4 is 5.32 Å². The molecule has 0 unspecified atom stereocenters. The third-order valence-electron chi connectivity index (χ3n) is 3.87. The monoisotopic (exact) mass is 326 g/mol. The predicted molar refractivity (Wildman–Crippen MR) is 85.9 cm³/mol. The number of halogens is 1. The molecule has 0 bridgehead atoms. The van der Waals surface area contributed by atoms with Gasteiger partial charge < -0.3 is 20.1 Å². The number of hydrogen-bond donors (Lipinski definition) is 2. The van der Waals surface area contributed by atoms with Gasteiger partial charge in [-0.3, -0.25) is 0 Å². The second-order valence-corrected chi connectivity index (χ2v) is 6.09. The van der Waals surface area contributed by atoms with Crippen LogP contribution >= 0.6 is 11.6 Å². The summed E-state index contributed by atoms with van der Waals surface area (Å²) >= 11 is 5.90. The van der Waals surface area contributed by atoms with E-state index < -0.39 is 0 Å². The van der Waals surface area contributed by atoms with Gasteiger partial charge in [-0.25, -0.2) is 4.79 Å². The SMILES string of the molecule is C[C@@H](O)[C@H]1CCN(C(=O)NCCOCc2cccc(Cl)c2)C1. The quantitative estimate of drug-likeness (QED) is 0.788. The number of hydrogen-bond acceptors (Lipinski definition) is 3. The largest absolute Gasteiger partial charge is 0.393 e. The maximum Gasteiger partial charge on any atom is 0.317 e. The van der Waals surface area contributed by atoms with Crippen LogP contribution in [0.25, 0.3) is 0 Å². The van der Waals surface area contributed by atoms with E-state index in [4.69, 9.17) is 16.3 Å². The van der Waals surface area contributed by atoms with Gasteiger partial charge in [0.2, 0.25) is 0 Å². The summed E-state index contributed by atoms with van der Waals surface area (Å²) in [6.07, 6.45) is 0.495. The summed E-state index contributed by atoms with van der Waals surface area (Å²) in [5, 5.41) is 13.1. The Bertz CT molecular complexity index is 496. The first-order valence-corrected chi connectivity index (χ1v) is 7.97. The van der Waals surface area contributed by atoms with E-state index >= 15 is 0 Å². The highest BCUT2D eigenvalue weighted by molar-refractivity contribution is 6.30. The van der Waals surface area contributed by atoms with E-state index in [0.29, 0.717) is 37.9 Å². The molecule has 1 fully saturated rings. The van der Waals surface area contributed by atoms with E-state index in [1.54, 1.807) is 11.8 Å². The number of amides is 2. The lowest BCUT2D eigenvalue weighted by Crippen LogP contribution is -2.40. The molecule has 1 heterocycles. The lowest BCUT2D eigenvalue weighted by Gasteiger charge is -2.18. The summed E-state index contributed by atoms with van der Waals surface area (Å²) in [4.78, 5) is 13.7. The smallest absolute Gasteiger partial charge is 0.317 e. The Morgan fingerprint density at radius 3 is 3.09 bits per heavy atom. The van der Waals surface area contributed by atoms with Gasteiger partial charge in [0.05, 0.1) is 19.3 Å². The Morgan fingerprint density at radius 2 is 2.41 bits per heavy atom. The highest BCUT2D eigenvalue weighted by Crippen LogP contribution is 2.19. The van der Waals surface area contributed by atoms with Crippen LogP contribution in [-0.2, 0) is 11.3 Å². The van der Waals surface area contributed by atoms with Crippen LogP contribution in [0.5, 0.6) is 0 Å². The van der Waals surface area contributed by atoms with Crippen LogP contribution in [0.1, 0.15) is 18.9 Å². The van der Waals surface area contributed by atoms with E-state index in [9.17, 15) is 9.90 Å². The fourth-order valence-electron chi connectivity index (χ4n) is 2.52. The van der Waals surface area contributed by atoms with Crippen LogP contribution in [0, 0.1) is 5.92 Å². The molecule has 122 valence electrons. The number of ether oxygens (including phenoxy) is 1. The van der Waals surface area contributed by atoms with Gasteiger partial charge in [0.25, 0.3) is 0 Å². The Kier molecular flexibility index (Phi) is 6.49. The van der Waals surface area contributed by atoms with Gasteiger partial charge in [0.1, 0.15) is 0 Å². The van der Waals surface area contributed by atoms with Gasteiger partial charge in [-0.15, -0.1) is 0 Å². The molecule has 2 N–H and O–H groups in total. The summed E-state index contributed by atoms with van der Waals surface area (Å²) in [7, 11) is 0. The Morgan fingerprint density at radius 1 is 1.59 bits per heavy atom. The highest BCUT2D eigenvalue weighted by atomic mass is 35.5. The van der Waals surface area contributed by atoms with Crippen LogP contribution in [0.2, 0.25) is 5.02 Å². The van der Waals surface area contributed by atoms with Crippen LogP contribution in [0.4, 0.5) is 4.79 Å². The molecule has 1 aliphatic rings. The number of nitrogens with one attached hydrogen (secondary N) is 1. The number of aliphatic hydroxyl groups excluding tert-OH is 1. The minimum atomic E-state index is -0.362. The second kappa shape index (κ2) is 8.36. The minimum absolute atomic E-state index is 0.0884. The molecule has 1 aliphatic heterocycles. The van der Waals surface area contributed by atoms with Gasteiger partial charge >= 0.3 is 6.03 Å². The first kappa shape index (κ1) is 17.1. The number of nitrogens with zero attached hydrogens (tertiary/aromatic N) is 1. The van der Waals surface area contributed by atoms with Crippen molar-refractivity contribution in [2.75, 3.05) is 26.2 Å². The molecular weight excluding hydrogens is 304 g/mol. The average molecular weight is 327 g/mol. The zero-order chi connectivity index (χ0) is 15.9. The summed E-state index contributed by atoms with van der Waals surface area (Å²) in [5.41, 5.74) is 1.01. The normalized spacial score (nSPS) is 19.2. The maximum absolute atomic E-state index is 12.0. The number of rotatable bonds is 6. The van der Waals surface area contributed by atoms with Crippen molar-refractivity contribution in [3.8, 4) is 0 Å². The molecule has 0 aromatic heterocycles. The molecule has 0 saturated carbocycles. The first-order valence-electron chi connectivity index (χ1n) is 7.59. The first-order chi connectivity index (χ1) is 10.6. The minimum Gasteiger partial charge on any atom is -0.393 e. The van der Waals surface area contributed by atoms with Crippen molar-refractivity contribution in [3.63, 3.8) is 0 Å². The molecule has 5 nitrogen and oxygen atoms in total. The molecule has 1 aromatic carbocycles. The van der Waals surface area contributed by atoms with Crippen molar-refractivity contribution in [1.82, 2.24) is 10.2 Å². The molecule has 0 spiro atoms. The molecule has 22 heavy (non-hydrogen) atoms. The molecule has 1 aromatic rings. The molecule has 2 rings (SSSR count). The zero-order valence-corrected chi connectivity index (χ0v) is 13.6. The van der Waals surface area contributed by atoms with Gasteiger partial charge in [-0.1, -0.05) is 23.7 Å². The van der Waals surface area contributed by atoms with Crippen molar-refractivity contribution in [2.45, 2.75) is 26.1 Å². The van der Waals surface area contributed by atoms with E-state index in [1.165, 1.54) is 0 Å². The molecule has 1 saturated heterocycles. The van der Waals surface area contributed by atoms with E-state index in [1.807, 2.05) is 24.3 Å². The Balaban J connectivity index is 1.60. The van der Waals surface area contributed by atoms with Gasteiger partial charge in [0.15, 0.2) is 0 Å². The molecule has 2 atom stereocenters. The van der Waals surface area contributed by atoms with Crippen LogP contribution in [-0.4, -0.2) is 48.4 Å². The van der Waals surface area contributed by atoms with Crippen molar-refractivity contribution in [1.29, 1.82) is 0 Å². The number of aliphatic hydroxyl groups is 1. The van der Waals surface area contributed by atoms with E-state index in [2.05, 4.69) is 5.32 Å². The number of urea groups is 1. The number of carbonyl (C=O) groups is 1. The van der Waals surface area contributed by atoms with Crippen molar-refractivity contribution in [2.24, 2.45) is 5.92 Å². The van der Waals surface area contributed by atoms with Crippen LogP contribution in [0.3, 0.4) is 0 Å². The Labute approximate surface area is 136 Å². The molecule has 6 heteroatoms. The van der Waals surface area contributed by atoms with Crippen molar-refractivity contribution < 1.29 is 14.6 Å². The summed E-state index contributed by atoms with van der Waals surface area (Å²) in [6.45, 7) is 4.48. The van der Waals surface area contributed by atoms with Crippen molar-refractivity contribution in [3.05, 3.63) is 34.9 Å². The van der Waals surface area contributed by atoms with E-state index in [-0.39, 0.29) is 18.1 Å². The average Bonchev–Trinajstić information content (AvgIpc) is 2.97. The van der Waals surface area contributed by atoms with E-state index in [0.717, 1.165) is 12.0 Å². The lowest BCUT2D eigenvalue weighted by atomic mass is 10.0. The number of likely N-dealkylation sites (tertiary alicyclic amines) is 1. The third-order valence-corrected chi connectivity index (χ3v) is 4.11. The Hall–Kier alpha value is -1.30. The van der Waals surface area contributed by atoms with Gasteiger partial charge in [-0.05, 0) is 31.0 Å². The standard InChI is InChI=1S/C16H23ClN2O3/c1-12(20)14-5-7-19(10-14)16(21)18-6-8-22-11-13-3-2-4-15(17)9-13/h2-4,9,12,14,20H,5-8,10-11H2,1H3,(H,18,21)/t12-,14+/m1/s1.